The van der Waals surface area contributed by atoms with Crippen LogP contribution < -0.4 is 11.2 Å². The standard InChI is InChI=1S/C7H6N4O4S/c8-6(12)7(13)10-9-3-4-1-2-5(16-4)11(14)15/h1-3H,(H2,8,12)(H,10,13). The summed E-state index contributed by atoms with van der Waals surface area (Å²) >= 11 is 0.885. The van der Waals surface area contributed by atoms with Gasteiger partial charge < -0.3 is 5.73 Å². The maximum atomic E-state index is 10.6. The van der Waals surface area contributed by atoms with Gasteiger partial charge in [-0.15, -0.1) is 0 Å². The normalized spacial score (nSPS) is 10.2. The minimum Gasteiger partial charge on any atom is -0.361 e. The van der Waals surface area contributed by atoms with Crippen LogP contribution in [0.4, 0.5) is 5.00 Å². The van der Waals surface area contributed by atoms with Gasteiger partial charge in [0.2, 0.25) is 0 Å². The van der Waals surface area contributed by atoms with Crippen molar-refractivity contribution < 1.29 is 14.5 Å². The first-order valence-corrected chi connectivity index (χ1v) is 4.69. The third-order valence-electron chi connectivity index (χ3n) is 1.37. The molecule has 0 atom stereocenters. The van der Waals surface area contributed by atoms with Gasteiger partial charge in [-0.25, -0.2) is 5.43 Å². The number of hydrazone groups is 1. The van der Waals surface area contributed by atoms with Gasteiger partial charge in [0.1, 0.15) is 0 Å². The summed E-state index contributed by atoms with van der Waals surface area (Å²) in [7, 11) is 0. The zero-order valence-corrected chi connectivity index (χ0v) is 8.56. The lowest BCUT2D eigenvalue weighted by molar-refractivity contribution is -0.380. The fraction of sp³-hybridized carbons (Fsp3) is 0. The van der Waals surface area contributed by atoms with Crippen LogP contribution in [0.15, 0.2) is 17.2 Å². The van der Waals surface area contributed by atoms with E-state index in [1.54, 1.807) is 0 Å². The van der Waals surface area contributed by atoms with Crippen LogP contribution in [0.5, 0.6) is 0 Å². The molecule has 0 radical (unpaired) electrons. The molecule has 0 aromatic carbocycles. The first-order valence-electron chi connectivity index (χ1n) is 3.88. The summed E-state index contributed by atoms with van der Waals surface area (Å²) in [5.74, 6) is -2.21. The van der Waals surface area contributed by atoms with Gasteiger partial charge in [0.15, 0.2) is 0 Å². The molecule has 0 spiro atoms. The lowest BCUT2D eigenvalue weighted by atomic mass is 10.5. The maximum Gasteiger partial charge on any atom is 0.329 e. The Morgan fingerprint density at radius 3 is 2.75 bits per heavy atom. The molecule has 0 aliphatic rings. The van der Waals surface area contributed by atoms with Crippen LogP contribution in [0, 0.1) is 10.1 Å². The fourth-order valence-electron chi connectivity index (χ4n) is 0.719. The Kier molecular flexibility index (Phi) is 3.67. The molecule has 3 N–H and O–H groups in total. The number of nitrogens with two attached hydrogens (primary N) is 1. The van der Waals surface area contributed by atoms with Gasteiger partial charge in [-0.1, -0.05) is 11.3 Å². The second-order valence-corrected chi connectivity index (χ2v) is 3.59. The van der Waals surface area contributed by atoms with Crippen molar-refractivity contribution in [2.45, 2.75) is 0 Å². The van der Waals surface area contributed by atoms with Gasteiger partial charge >= 0.3 is 16.8 Å². The monoisotopic (exact) mass is 242 g/mol. The van der Waals surface area contributed by atoms with E-state index in [1.807, 2.05) is 5.43 Å². The van der Waals surface area contributed by atoms with Crippen molar-refractivity contribution in [2.75, 3.05) is 0 Å². The largest absolute Gasteiger partial charge is 0.361 e. The molecule has 1 aromatic rings. The minimum absolute atomic E-state index is 0.0392. The smallest absolute Gasteiger partial charge is 0.329 e. The van der Waals surface area contributed by atoms with Crippen LogP contribution >= 0.6 is 11.3 Å². The summed E-state index contributed by atoms with van der Waals surface area (Å²) in [5, 5.41) is 13.7. The molecule has 84 valence electrons. The Morgan fingerprint density at radius 1 is 1.56 bits per heavy atom. The van der Waals surface area contributed by atoms with Crippen molar-refractivity contribution in [3.05, 3.63) is 27.1 Å². The van der Waals surface area contributed by atoms with Gasteiger partial charge in [-0.2, -0.15) is 5.10 Å². The minimum atomic E-state index is -1.16. The van der Waals surface area contributed by atoms with E-state index in [4.69, 9.17) is 0 Å². The third-order valence-corrected chi connectivity index (χ3v) is 2.35. The maximum absolute atomic E-state index is 10.6. The average Bonchev–Trinajstić information content (AvgIpc) is 2.66. The van der Waals surface area contributed by atoms with E-state index in [9.17, 15) is 19.7 Å². The summed E-state index contributed by atoms with van der Waals surface area (Å²) in [6.07, 6.45) is 1.18. The molecule has 0 bridgehead atoms. The molecule has 0 fully saturated rings. The van der Waals surface area contributed by atoms with E-state index in [0.717, 1.165) is 11.3 Å². The summed E-state index contributed by atoms with van der Waals surface area (Å²) in [6, 6.07) is 2.77. The van der Waals surface area contributed by atoms with Crippen LogP contribution in [0.2, 0.25) is 0 Å². The zero-order valence-electron chi connectivity index (χ0n) is 7.75. The van der Waals surface area contributed by atoms with Crippen LogP contribution in [0.3, 0.4) is 0 Å². The fourth-order valence-corrected chi connectivity index (χ4v) is 1.41. The van der Waals surface area contributed by atoms with E-state index < -0.39 is 16.7 Å². The second-order valence-electron chi connectivity index (χ2n) is 2.50. The Labute approximate surface area is 92.9 Å². The molecular formula is C7H6N4O4S. The van der Waals surface area contributed by atoms with E-state index in [2.05, 4.69) is 10.8 Å². The highest BCUT2D eigenvalue weighted by molar-refractivity contribution is 7.16. The molecule has 1 heterocycles. The predicted molar refractivity (Wildman–Crippen MR) is 55.9 cm³/mol. The van der Waals surface area contributed by atoms with Gasteiger partial charge in [-0.3, -0.25) is 19.7 Å². The number of thiophene rings is 1. The van der Waals surface area contributed by atoms with Crippen molar-refractivity contribution in [3.63, 3.8) is 0 Å². The lowest BCUT2D eigenvalue weighted by Crippen LogP contribution is -2.32. The molecule has 0 aliphatic heterocycles. The number of rotatable bonds is 3. The Hall–Kier alpha value is -2.29. The number of carbonyl (C=O) groups is 2. The number of hydrogen-bond donors (Lipinski definition) is 2. The van der Waals surface area contributed by atoms with Crippen molar-refractivity contribution in [1.82, 2.24) is 5.43 Å². The van der Waals surface area contributed by atoms with Crippen LogP contribution in [0.25, 0.3) is 0 Å². The van der Waals surface area contributed by atoms with Crippen LogP contribution in [-0.4, -0.2) is 23.0 Å². The summed E-state index contributed by atoms with van der Waals surface area (Å²) < 4.78 is 0. The van der Waals surface area contributed by atoms with Crippen LogP contribution in [-0.2, 0) is 9.59 Å². The van der Waals surface area contributed by atoms with Crippen molar-refractivity contribution >= 4 is 34.4 Å². The highest BCUT2D eigenvalue weighted by Gasteiger charge is 2.08. The zero-order chi connectivity index (χ0) is 12.1. The number of amides is 2. The van der Waals surface area contributed by atoms with Crippen molar-refractivity contribution in [1.29, 1.82) is 0 Å². The van der Waals surface area contributed by atoms with E-state index in [-0.39, 0.29) is 5.00 Å². The molecule has 8 nitrogen and oxygen atoms in total. The highest BCUT2D eigenvalue weighted by Crippen LogP contribution is 2.22. The summed E-state index contributed by atoms with van der Waals surface area (Å²) in [5.41, 5.74) is 6.51. The molecule has 0 aliphatic carbocycles. The molecule has 1 rings (SSSR count). The number of carbonyl (C=O) groups excluding carboxylic acids is 2. The third kappa shape index (κ3) is 3.13. The lowest BCUT2D eigenvalue weighted by Gasteiger charge is -1.91. The summed E-state index contributed by atoms with van der Waals surface area (Å²) in [6.45, 7) is 0. The molecule has 0 saturated carbocycles. The number of nitro groups is 1. The van der Waals surface area contributed by atoms with Gasteiger partial charge in [0.05, 0.1) is 16.0 Å². The SMILES string of the molecule is NC(=O)C(=O)NN=Cc1ccc([N+](=O)[O-])s1. The molecule has 16 heavy (non-hydrogen) atoms. The van der Waals surface area contributed by atoms with Crippen LogP contribution in [0.1, 0.15) is 4.88 Å². The molecule has 0 unspecified atom stereocenters. The van der Waals surface area contributed by atoms with Gasteiger partial charge in [0.25, 0.3) is 0 Å². The Morgan fingerprint density at radius 2 is 2.25 bits per heavy atom. The van der Waals surface area contributed by atoms with Crippen molar-refractivity contribution in [3.8, 4) is 0 Å². The van der Waals surface area contributed by atoms with Crippen molar-refractivity contribution in [2.24, 2.45) is 10.8 Å². The highest BCUT2D eigenvalue weighted by atomic mass is 32.1. The second kappa shape index (κ2) is 4.98. The van der Waals surface area contributed by atoms with E-state index in [0.29, 0.717) is 4.88 Å². The van der Waals surface area contributed by atoms with E-state index in [1.165, 1.54) is 18.3 Å². The molecule has 1 aromatic heterocycles. The quantitative estimate of drug-likeness (QED) is 0.323. The first kappa shape index (κ1) is 11.8. The Balaban J connectivity index is 2.60. The number of primary amides is 1. The van der Waals surface area contributed by atoms with Gasteiger partial charge in [-0.05, 0) is 6.07 Å². The molecule has 9 heteroatoms. The molecular weight excluding hydrogens is 236 g/mol. The number of hydrogen-bond acceptors (Lipinski definition) is 6. The average molecular weight is 242 g/mol. The van der Waals surface area contributed by atoms with Gasteiger partial charge in [0, 0.05) is 6.07 Å². The Bertz CT molecular complexity index is 467. The topological polar surface area (TPSA) is 128 Å². The number of nitrogens with zero attached hydrogens (tertiary/aromatic N) is 2. The van der Waals surface area contributed by atoms with E-state index >= 15 is 0 Å². The molecule has 0 saturated heterocycles. The summed E-state index contributed by atoms with van der Waals surface area (Å²) in [4.78, 5) is 31.2. The first-order chi connectivity index (χ1) is 7.50. The predicted octanol–water partition coefficient (Wildman–Crippen LogP) is -0.408. The number of nitrogens with one attached hydrogen (secondary N) is 1. The molecule has 2 amide bonds.